The largest absolute Gasteiger partial charge is 0.326 e. The maximum atomic E-state index is 13.6. The Balaban J connectivity index is 1.51. The van der Waals surface area contributed by atoms with Crippen LogP contribution < -0.4 is 10.6 Å². The van der Waals surface area contributed by atoms with Gasteiger partial charge in [0.05, 0.1) is 5.69 Å². The maximum Gasteiger partial charge on any atom is 0.227 e. The molecule has 0 unspecified atom stereocenters. The smallest absolute Gasteiger partial charge is 0.227 e. The van der Waals surface area contributed by atoms with Gasteiger partial charge in [-0.25, -0.2) is 8.78 Å². The summed E-state index contributed by atoms with van der Waals surface area (Å²) in [6, 6.07) is 11.8. The minimum Gasteiger partial charge on any atom is -0.326 e. The molecule has 0 radical (unpaired) electrons. The Morgan fingerprint density at radius 2 is 1.42 bits per heavy atom. The molecule has 1 fully saturated rings. The third-order valence-electron chi connectivity index (χ3n) is 4.69. The topological polar surface area (TPSA) is 58.2 Å². The zero-order valence-corrected chi connectivity index (χ0v) is 14.2. The Labute approximate surface area is 150 Å². The predicted molar refractivity (Wildman–Crippen MR) is 95.5 cm³/mol. The van der Waals surface area contributed by atoms with E-state index in [1.54, 1.807) is 18.2 Å². The van der Waals surface area contributed by atoms with Gasteiger partial charge in [0.2, 0.25) is 11.8 Å². The number of hydrogen-bond donors (Lipinski definition) is 2. The molecule has 0 spiro atoms. The van der Waals surface area contributed by atoms with Gasteiger partial charge in [-0.15, -0.1) is 0 Å². The summed E-state index contributed by atoms with van der Waals surface area (Å²) < 4.78 is 26.8. The van der Waals surface area contributed by atoms with Crippen molar-refractivity contribution in [3.63, 3.8) is 0 Å². The van der Waals surface area contributed by atoms with Gasteiger partial charge in [0.25, 0.3) is 0 Å². The molecule has 2 aromatic carbocycles. The molecule has 0 aromatic heterocycles. The highest BCUT2D eigenvalue weighted by Gasteiger charge is 2.30. The lowest BCUT2D eigenvalue weighted by molar-refractivity contribution is -0.125. The summed E-state index contributed by atoms with van der Waals surface area (Å²) in [4.78, 5) is 24.6. The van der Waals surface area contributed by atoms with Crippen LogP contribution in [-0.4, -0.2) is 11.8 Å². The van der Waals surface area contributed by atoms with E-state index in [0.717, 1.165) is 0 Å². The van der Waals surface area contributed by atoms with Crippen LogP contribution in [0.25, 0.3) is 0 Å². The number of carbonyl (C=O) groups excluding carboxylic acids is 2. The monoisotopic (exact) mass is 358 g/mol. The fourth-order valence-corrected chi connectivity index (χ4v) is 3.23. The van der Waals surface area contributed by atoms with E-state index in [1.165, 1.54) is 30.3 Å². The fraction of sp³-hybridized carbons (Fsp3) is 0.300. The van der Waals surface area contributed by atoms with Crippen molar-refractivity contribution >= 4 is 23.2 Å². The van der Waals surface area contributed by atoms with Crippen molar-refractivity contribution in [2.45, 2.75) is 25.7 Å². The van der Waals surface area contributed by atoms with Gasteiger partial charge >= 0.3 is 0 Å². The molecule has 0 atom stereocenters. The van der Waals surface area contributed by atoms with Crippen LogP contribution in [0.3, 0.4) is 0 Å². The number of para-hydroxylation sites is 1. The number of carbonyl (C=O) groups is 2. The Bertz CT molecular complexity index is 802. The molecular formula is C20H20F2N2O2. The number of hydrogen-bond acceptors (Lipinski definition) is 2. The first-order valence-electron chi connectivity index (χ1n) is 8.65. The summed E-state index contributed by atoms with van der Waals surface area (Å²) >= 11 is 0. The molecule has 136 valence electrons. The summed E-state index contributed by atoms with van der Waals surface area (Å²) in [5.41, 5.74) is 0.595. The van der Waals surface area contributed by atoms with Crippen molar-refractivity contribution in [1.82, 2.24) is 0 Å². The van der Waals surface area contributed by atoms with E-state index in [0.29, 0.717) is 31.4 Å². The lowest BCUT2D eigenvalue weighted by Crippen LogP contribution is -2.32. The first-order chi connectivity index (χ1) is 12.5. The molecule has 3 rings (SSSR count). The molecule has 2 aromatic rings. The Morgan fingerprint density at radius 1 is 0.808 bits per heavy atom. The highest BCUT2D eigenvalue weighted by atomic mass is 19.1. The van der Waals surface area contributed by atoms with Crippen LogP contribution in [0.4, 0.5) is 20.2 Å². The zero-order chi connectivity index (χ0) is 18.5. The molecule has 1 aliphatic rings. The van der Waals surface area contributed by atoms with Crippen molar-refractivity contribution in [3.8, 4) is 0 Å². The van der Waals surface area contributed by atoms with Crippen LogP contribution in [-0.2, 0) is 9.59 Å². The first kappa shape index (κ1) is 18.0. The molecule has 26 heavy (non-hydrogen) atoms. The Hall–Kier alpha value is -2.76. The molecule has 0 bridgehead atoms. The van der Waals surface area contributed by atoms with E-state index < -0.39 is 11.6 Å². The highest BCUT2D eigenvalue weighted by molar-refractivity contribution is 5.94. The third-order valence-corrected chi connectivity index (χ3v) is 4.69. The number of amides is 2. The van der Waals surface area contributed by atoms with Gasteiger partial charge in [0.15, 0.2) is 0 Å². The molecule has 4 nitrogen and oxygen atoms in total. The van der Waals surface area contributed by atoms with E-state index >= 15 is 0 Å². The summed E-state index contributed by atoms with van der Waals surface area (Å²) in [5.74, 6) is -1.72. The van der Waals surface area contributed by atoms with Crippen LogP contribution in [0.1, 0.15) is 25.7 Å². The van der Waals surface area contributed by atoms with Crippen LogP contribution in [0.5, 0.6) is 0 Å². The molecule has 1 saturated carbocycles. The molecule has 6 heteroatoms. The van der Waals surface area contributed by atoms with Gasteiger partial charge in [0, 0.05) is 17.5 Å². The van der Waals surface area contributed by atoms with E-state index in [-0.39, 0.29) is 29.3 Å². The molecule has 2 amide bonds. The number of rotatable bonds is 4. The second kappa shape index (κ2) is 8.08. The van der Waals surface area contributed by atoms with Crippen LogP contribution in [0.2, 0.25) is 0 Å². The van der Waals surface area contributed by atoms with Crippen LogP contribution >= 0.6 is 0 Å². The quantitative estimate of drug-likeness (QED) is 0.854. The second-order valence-electron chi connectivity index (χ2n) is 6.52. The molecule has 1 aliphatic carbocycles. The average molecular weight is 358 g/mol. The van der Waals surface area contributed by atoms with Crippen molar-refractivity contribution in [1.29, 1.82) is 0 Å². The molecule has 2 N–H and O–H groups in total. The first-order valence-corrected chi connectivity index (χ1v) is 8.65. The SMILES string of the molecule is O=C(Nc1cccc(F)c1)C1CCC(C(=O)Nc2ccccc2F)CC1. The number of benzene rings is 2. The van der Waals surface area contributed by atoms with E-state index in [9.17, 15) is 18.4 Å². The van der Waals surface area contributed by atoms with Gasteiger partial charge in [-0.05, 0) is 56.0 Å². The van der Waals surface area contributed by atoms with Gasteiger partial charge in [-0.3, -0.25) is 9.59 Å². The summed E-state index contributed by atoms with van der Waals surface area (Å²) in [6.45, 7) is 0. The van der Waals surface area contributed by atoms with Gasteiger partial charge in [-0.2, -0.15) is 0 Å². The second-order valence-corrected chi connectivity index (χ2v) is 6.52. The molecule has 0 heterocycles. The van der Waals surface area contributed by atoms with Gasteiger partial charge in [0.1, 0.15) is 11.6 Å². The number of halogens is 2. The highest BCUT2D eigenvalue weighted by Crippen LogP contribution is 2.31. The van der Waals surface area contributed by atoms with Gasteiger partial charge in [-0.1, -0.05) is 18.2 Å². The summed E-state index contributed by atoms with van der Waals surface area (Å²) in [6.07, 6.45) is 2.25. The van der Waals surface area contributed by atoms with E-state index in [1.807, 2.05) is 0 Å². The normalized spacial score (nSPS) is 19.6. The van der Waals surface area contributed by atoms with E-state index in [2.05, 4.69) is 10.6 Å². The maximum absolute atomic E-state index is 13.6. The van der Waals surface area contributed by atoms with Crippen molar-refractivity contribution in [2.75, 3.05) is 10.6 Å². The molecular weight excluding hydrogens is 338 g/mol. The van der Waals surface area contributed by atoms with Crippen molar-refractivity contribution in [2.24, 2.45) is 11.8 Å². The Morgan fingerprint density at radius 3 is 2.04 bits per heavy atom. The minimum atomic E-state index is -0.469. The van der Waals surface area contributed by atoms with Crippen molar-refractivity contribution < 1.29 is 18.4 Å². The predicted octanol–water partition coefficient (Wildman–Crippen LogP) is 4.35. The van der Waals surface area contributed by atoms with Crippen LogP contribution in [0.15, 0.2) is 48.5 Å². The van der Waals surface area contributed by atoms with Crippen molar-refractivity contribution in [3.05, 3.63) is 60.2 Å². The number of nitrogens with one attached hydrogen (secondary N) is 2. The molecule has 0 saturated heterocycles. The zero-order valence-electron chi connectivity index (χ0n) is 14.2. The van der Waals surface area contributed by atoms with E-state index in [4.69, 9.17) is 0 Å². The lowest BCUT2D eigenvalue weighted by Gasteiger charge is -2.27. The van der Waals surface area contributed by atoms with Crippen LogP contribution in [0, 0.1) is 23.5 Å². The summed E-state index contributed by atoms with van der Waals surface area (Å²) in [5, 5.41) is 5.33. The third kappa shape index (κ3) is 4.45. The molecule has 0 aliphatic heterocycles. The fourth-order valence-electron chi connectivity index (χ4n) is 3.23. The summed E-state index contributed by atoms with van der Waals surface area (Å²) in [7, 11) is 0. The Kier molecular flexibility index (Phi) is 5.61. The van der Waals surface area contributed by atoms with Gasteiger partial charge < -0.3 is 10.6 Å². The average Bonchev–Trinajstić information content (AvgIpc) is 2.64. The minimum absolute atomic E-state index is 0.163. The number of anilines is 2. The lowest BCUT2D eigenvalue weighted by atomic mass is 9.81. The standard InChI is InChI=1S/C20H20F2N2O2/c21-15-4-3-5-16(12-15)23-19(25)13-8-10-14(11-9-13)20(26)24-18-7-2-1-6-17(18)22/h1-7,12-14H,8-11H2,(H,23,25)(H,24,26).